The molecule has 146 valence electrons. The van der Waals surface area contributed by atoms with Crippen molar-refractivity contribution in [3.05, 3.63) is 77.6 Å². The molecule has 1 N–H and O–H groups in total. The first kappa shape index (κ1) is 20.1. The molecule has 0 aliphatic heterocycles. The molecular weight excluding hydrogens is 372 g/mol. The zero-order valence-corrected chi connectivity index (χ0v) is 16.7. The Hall–Kier alpha value is -2.64. The Morgan fingerprint density at radius 2 is 1.71 bits per heavy atom. The van der Waals surface area contributed by atoms with Gasteiger partial charge in [0, 0.05) is 26.6 Å². The van der Waals surface area contributed by atoms with Gasteiger partial charge in [-0.1, -0.05) is 72.4 Å². The van der Waals surface area contributed by atoms with E-state index in [4.69, 9.17) is 4.74 Å². The molecule has 0 saturated heterocycles. The van der Waals surface area contributed by atoms with Crippen LogP contribution in [-0.2, 0) is 29.0 Å². The van der Waals surface area contributed by atoms with Crippen LogP contribution in [0.3, 0.4) is 0 Å². The van der Waals surface area contributed by atoms with Crippen LogP contribution >= 0.6 is 11.8 Å². The van der Waals surface area contributed by atoms with Gasteiger partial charge in [-0.15, -0.1) is 10.2 Å². The predicted octanol–water partition coefficient (Wildman–Crippen LogP) is 2.92. The van der Waals surface area contributed by atoms with Gasteiger partial charge in [0.2, 0.25) is 5.91 Å². The van der Waals surface area contributed by atoms with E-state index in [0.717, 1.165) is 16.5 Å². The highest BCUT2D eigenvalue weighted by Gasteiger charge is 2.14. The van der Waals surface area contributed by atoms with Gasteiger partial charge < -0.3 is 14.6 Å². The number of hydrogen-bond donors (Lipinski definition) is 1. The summed E-state index contributed by atoms with van der Waals surface area (Å²) in [7, 11) is 1.67. The Labute approximate surface area is 169 Å². The maximum Gasteiger partial charge on any atom is 0.230 e. The summed E-state index contributed by atoms with van der Waals surface area (Å²) in [5.74, 6) is 1.14. The maximum absolute atomic E-state index is 12.2. The average molecular weight is 397 g/mol. The van der Waals surface area contributed by atoms with Crippen LogP contribution in [0.2, 0.25) is 0 Å². The molecule has 7 heteroatoms. The van der Waals surface area contributed by atoms with Gasteiger partial charge in [0.15, 0.2) is 5.16 Å². The zero-order valence-electron chi connectivity index (χ0n) is 15.9. The number of hydrogen-bond acceptors (Lipinski definition) is 5. The number of rotatable bonds is 10. The molecule has 1 heterocycles. The molecule has 3 aromatic rings. The second-order valence-corrected chi connectivity index (χ2v) is 7.20. The second-order valence-electron chi connectivity index (χ2n) is 6.26. The van der Waals surface area contributed by atoms with Crippen LogP contribution in [0.25, 0.3) is 0 Å². The SMILES string of the molecule is COCCn1c(Cc2ccccc2)nnc1SCC(=O)NCc1ccccc1. The summed E-state index contributed by atoms with van der Waals surface area (Å²) in [4.78, 5) is 12.2. The van der Waals surface area contributed by atoms with E-state index in [1.54, 1.807) is 7.11 Å². The van der Waals surface area contributed by atoms with Crippen LogP contribution in [0, 0.1) is 0 Å². The first-order valence-electron chi connectivity index (χ1n) is 9.14. The topological polar surface area (TPSA) is 69.0 Å². The van der Waals surface area contributed by atoms with Gasteiger partial charge in [0.25, 0.3) is 0 Å². The van der Waals surface area contributed by atoms with Gasteiger partial charge >= 0.3 is 0 Å². The first-order chi connectivity index (χ1) is 13.8. The summed E-state index contributed by atoms with van der Waals surface area (Å²) in [6.07, 6.45) is 0.693. The minimum absolute atomic E-state index is 0.0280. The van der Waals surface area contributed by atoms with Crippen molar-refractivity contribution in [3.8, 4) is 0 Å². The lowest BCUT2D eigenvalue weighted by Gasteiger charge is -2.10. The summed E-state index contributed by atoms with van der Waals surface area (Å²) in [5.41, 5.74) is 2.25. The molecule has 0 aliphatic rings. The smallest absolute Gasteiger partial charge is 0.230 e. The van der Waals surface area contributed by atoms with Crippen molar-refractivity contribution in [2.75, 3.05) is 19.5 Å². The fourth-order valence-corrected chi connectivity index (χ4v) is 3.53. The van der Waals surface area contributed by atoms with E-state index < -0.39 is 0 Å². The van der Waals surface area contributed by atoms with Gasteiger partial charge in [-0.2, -0.15) is 0 Å². The largest absolute Gasteiger partial charge is 0.383 e. The van der Waals surface area contributed by atoms with Crippen LogP contribution in [0.15, 0.2) is 65.8 Å². The second kappa shape index (κ2) is 10.6. The Morgan fingerprint density at radius 1 is 1.04 bits per heavy atom. The van der Waals surface area contributed by atoms with E-state index in [-0.39, 0.29) is 5.91 Å². The number of ether oxygens (including phenoxy) is 1. The summed E-state index contributed by atoms with van der Waals surface area (Å²) >= 11 is 1.39. The quantitative estimate of drug-likeness (QED) is 0.534. The Morgan fingerprint density at radius 3 is 2.39 bits per heavy atom. The number of methoxy groups -OCH3 is 1. The Bertz CT molecular complexity index is 869. The van der Waals surface area contributed by atoms with E-state index in [1.807, 2.05) is 53.1 Å². The number of carbonyl (C=O) groups excluding carboxylic acids is 1. The van der Waals surface area contributed by atoms with Gasteiger partial charge in [-0.3, -0.25) is 4.79 Å². The standard InChI is InChI=1S/C21H24N4O2S/c1-27-13-12-25-19(14-17-8-4-2-5-9-17)23-24-21(25)28-16-20(26)22-15-18-10-6-3-7-11-18/h2-11H,12-16H2,1H3,(H,22,26). The fourth-order valence-electron chi connectivity index (χ4n) is 2.72. The number of aromatic nitrogens is 3. The van der Waals surface area contributed by atoms with Crippen molar-refractivity contribution in [3.63, 3.8) is 0 Å². The lowest BCUT2D eigenvalue weighted by atomic mass is 10.1. The molecule has 0 aliphatic carbocycles. The molecule has 0 radical (unpaired) electrons. The third-order valence-electron chi connectivity index (χ3n) is 4.18. The van der Waals surface area contributed by atoms with Crippen molar-refractivity contribution in [1.82, 2.24) is 20.1 Å². The van der Waals surface area contributed by atoms with E-state index in [9.17, 15) is 4.79 Å². The summed E-state index contributed by atoms with van der Waals surface area (Å²) in [6.45, 7) is 1.74. The third-order valence-corrected chi connectivity index (χ3v) is 5.15. The van der Waals surface area contributed by atoms with Crippen LogP contribution in [0.5, 0.6) is 0 Å². The third kappa shape index (κ3) is 5.94. The molecule has 0 bridgehead atoms. The van der Waals surface area contributed by atoms with Gasteiger partial charge in [-0.05, 0) is 11.1 Å². The number of amides is 1. The molecule has 0 saturated carbocycles. The van der Waals surface area contributed by atoms with Gasteiger partial charge in [0.05, 0.1) is 12.4 Å². The first-order valence-corrected chi connectivity index (χ1v) is 10.1. The van der Waals surface area contributed by atoms with Crippen LogP contribution in [0.4, 0.5) is 0 Å². The normalized spacial score (nSPS) is 10.8. The molecule has 1 amide bonds. The predicted molar refractivity (Wildman–Crippen MR) is 110 cm³/mol. The molecule has 28 heavy (non-hydrogen) atoms. The molecule has 0 fully saturated rings. The summed E-state index contributed by atoms with van der Waals surface area (Å²) in [5, 5.41) is 12.3. The lowest BCUT2D eigenvalue weighted by molar-refractivity contribution is -0.118. The zero-order chi connectivity index (χ0) is 19.6. The van der Waals surface area contributed by atoms with Crippen LogP contribution < -0.4 is 5.32 Å². The molecular formula is C21H24N4O2S. The fraction of sp³-hybridized carbons (Fsp3) is 0.286. The molecule has 1 aromatic heterocycles. The van der Waals surface area contributed by atoms with Crippen molar-refractivity contribution < 1.29 is 9.53 Å². The van der Waals surface area contributed by atoms with E-state index in [1.165, 1.54) is 17.3 Å². The molecule has 3 rings (SSSR count). The number of nitrogens with one attached hydrogen (secondary N) is 1. The molecule has 2 aromatic carbocycles. The summed E-state index contributed by atoms with van der Waals surface area (Å²) < 4.78 is 7.26. The summed E-state index contributed by atoms with van der Waals surface area (Å²) in [6, 6.07) is 20.0. The van der Waals surface area contributed by atoms with Crippen LogP contribution in [-0.4, -0.2) is 40.1 Å². The van der Waals surface area contributed by atoms with Gasteiger partial charge in [0.1, 0.15) is 5.82 Å². The van der Waals surface area contributed by atoms with E-state index in [2.05, 4.69) is 27.6 Å². The lowest BCUT2D eigenvalue weighted by Crippen LogP contribution is -2.24. The highest BCUT2D eigenvalue weighted by atomic mass is 32.2. The molecule has 6 nitrogen and oxygen atoms in total. The molecule has 0 unspecified atom stereocenters. The Kier molecular flexibility index (Phi) is 7.63. The van der Waals surface area contributed by atoms with Crippen molar-refractivity contribution in [2.24, 2.45) is 0 Å². The number of nitrogens with zero attached hydrogens (tertiary/aromatic N) is 3. The number of thioether (sulfide) groups is 1. The van der Waals surface area contributed by atoms with E-state index >= 15 is 0 Å². The van der Waals surface area contributed by atoms with Gasteiger partial charge in [-0.25, -0.2) is 0 Å². The van der Waals surface area contributed by atoms with Crippen molar-refractivity contribution >= 4 is 17.7 Å². The monoisotopic (exact) mass is 396 g/mol. The minimum atomic E-state index is -0.0280. The number of benzene rings is 2. The molecule has 0 spiro atoms. The van der Waals surface area contributed by atoms with E-state index in [0.29, 0.717) is 31.9 Å². The van der Waals surface area contributed by atoms with Crippen molar-refractivity contribution in [1.29, 1.82) is 0 Å². The molecule has 0 atom stereocenters. The maximum atomic E-state index is 12.2. The average Bonchev–Trinajstić information content (AvgIpc) is 3.12. The van der Waals surface area contributed by atoms with Crippen LogP contribution in [0.1, 0.15) is 17.0 Å². The Balaban J connectivity index is 1.59. The highest BCUT2D eigenvalue weighted by molar-refractivity contribution is 7.99. The number of carbonyl (C=O) groups is 1. The highest BCUT2D eigenvalue weighted by Crippen LogP contribution is 2.19. The minimum Gasteiger partial charge on any atom is -0.383 e. The van der Waals surface area contributed by atoms with Crippen molar-refractivity contribution in [2.45, 2.75) is 24.7 Å².